The van der Waals surface area contributed by atoms with Gasteiger partial charge in [-0.3, -0.25) is 4.79 Å². The number of sulfonamides is 1. The van der Waals surface area contributed by atoms with Crippen LogP contribution in [-0.4, -0.2) is 44.8 Å². The minimum atomic E-state index is -3.76. The molecule has 0 radical (unpaired) electrons. The van der Waals surface area contributed by atoms with E-state index in [1.54, 1.807) is 5.38 Å². The number of anilines is 2. The maximum Gasteiger partial charge on any atom is 0.267 e. The number of piperazine rings is 1. The molecule has 1 aliphatic rings. The van der Waals surface area contributed by atoms with Crippen LogP contribution in [0.2, 0.25) is 0 Å². The summed E-state index contributed by atoms with van der Waals surface area (Å²) in [5.41, 5.74) is 2.86. The van der Waals surface area contributed by atoms with Crippen LogP contribution in [0.1, 0.15) is 35.0 Å². The number of hydrogen-bond donors (Lipinski definition) is 1. The molecular formula is C24H27N3O3S2. The largest absolute Gasteiger partial charge is 0.369 e. The molecule has 0 spiro atoms. The predicted octanol–water partition coefficient (Wildman–Crippen LogP) is 4.63. The van der Waals surface area contributed by atoms with Crippen molar-refractivity contribution in [2.75, 3.05) is 36.4 Å². The zero-order chi connectivity index (χ0) is 22.7. The Bertz CT molecular complexity index is 1180. The number of hydrogen-bond acceptors (Lipinski definition) is 5. The Hall–Kier alpha value is -2.68. The van der Waals surface area contributed by atoms with Crippen molar-refractivity contribution in [3.8, 4) is 0 Å². The van der Waals surface area contributed by atoms with E-state index in [0.29, 0.717) is 37.8 Å². The molecule has 2 aromatic carbocycles. The first-order chi connectivity index (χ1) is 15.4. The number of rotatable bonds is 6. The van der Waals surface area contributed by atoms with E-state index in [1.165, 1.54) is 10.4 Å². The topological polar surface area (TPSA) is 69.7 Å². The molecule has 0 aliphatic carbocycles. The number of nitrogens with zero attached hydrogens (tertiary/aromatic N) is 2. The lowest BCUT2D eigenvalue weighted by Gasteiger charge is -2.35. The van der Waals surface area contributed by atoms with Crippen LogP contribution in [0.25, 0.3) is 0 Å². The average molecular weight is 470 g/mol. The normalized spacial score (nSPS) is 15.2. The highest BCUT2D eigenvalue weighted by Crippen LogP contribution is 2.28. The van der Waals surface area contributed by atoms with Crippen molar-refractivity contribution in [3.63, 3.8) is 0 Å². The number of carbonyl (C=O) groups excluding carboxylic acids is 1. The lowest BCUT2D eigenvalue weighted by atomic mass is 10.0. The number of thiophene rings is 1. The highest BCUT2D eigenvalue weighted by Gasteiger charge is 2.32. The summed E-state index contributed by atoms with van der Waals surface area (Å²) >= 11 is 1.15. The summed E-state index contributed by atoms with van der Waals surface area (Å²) in [5, 5.41) is 4.52. The zero-order valence-corrected chi connectivity index (χ0v) is 19.8. The van der Waals surface area contributed by atoms with E-state index in [-0.39, 0.29) is 9.77 Å². The third-order valence-electron chi connectivity index (χ3n) is 5.62. The summed E-state index contributed by atoms with van der Waals surface area (Å²) in [7, 11) is -3.76. The molecule has 1 amide bonds. The van der Waals surface area contributed by atoms with Gasteiger partial charge in [-0.25, -0.2) is 8.42 Å². The van der Waals surface area contributed by atoms with E-state index in [2.05, 4.69) is 24.1 Å². The summed E-state index contributed by atoms with van der Waals surface area (Å²) in [6.07, 6.45) is 0. The van der Waals surface area contributed by atoms with Gasteiger partial charge < -0.3 is 10.2 Å². The van der Waals surface area contributed by atoms with Gasteiger partial charge in [0, 0.05) is 37.6 Å². The van der Waals surface area contributed by atoms with E-state index in [9.17, 15) is 13.2 Å². The van der Waals surface area contributed by atoms with Gasteiger partial charge in [0.1, 0.15) is 9.77 Å². The van der Waals surface area contributed by atoms with E-state index in [4.69, 9.17) is 0 Å². The standard InChI is InChI=1S/C24H27N3O3S2/c1-18(2)19-7-6-8-20(17-19)25-24(28)23-22(11-16-31-23)32(29,30)27-14-12-26(13-15-27)21-9-4-3-5-10-21/h3-11,16-18H,12-15H2,1-2H3,(H,25,28). The molecule has 0 bridgehead atoms. The van der Waals surface area contributed by atoms with Crippen molar-refractivity contribution >= 4 is 38.6 Å². The Kier molecular flexibility index (Phi) is 6.64. The molecule has 1 fully saturated rings. The molecule has 2 heterocycles. The Morgan fingerprint density at radius 2 is 1.69 bits per heavy atom. The summed E-state index contributed by atoms with van der Waals surface area (Å²) in [6.45, 7) is 6.15. The molecule has 0 atom stereocenters. The fraction of sp³-hybridized carbons (Fsp3) is 0.292. The van der Waals surface area contributed by atoms with Crippen LogP contribution in [0, 0.1) is 0 Å². The van der Waals surface area contributed by atoms with Crippen molar-refractivity contribution in [1.29, 1.82) is 0 Å². The first-order valence-corrected chi connectivity index (χ1v) is 13.0. The second kappa shape index (κ2) is 9.44. The first kappa shape index (κ1) is 22.5. The summed E-state index contributed by atoms with van der Waals surface area (Å²) < 4.78 is 28.2. The number of nitrogens with one attached hydrogen (secondary N) is 1. The van der Waals surface area contributed by atoms with Gasteiger partial charge in [-0.15, -0.1) is 11.3 Å². The lowest BCUT2D eigenvalue weighted by molar-refractivity contribution is 0.102. The summed E-state index contributed by atoms with van der Waals surface area (Å²) in [4.78, 5) is 15.4. The van der Waals surface area contributed by atoms with Crippen LogP contribution in [0.15, 0.2) is 70.9 Å². The quantitative estimate of drug-likeness (QED) is 0.571. The second-order valence-corrected chi connectivity index (χ2v) is 10.9. The highest BCUT2D eigenvalue weighted by molar-refractivity contribution is 7.89. The van der Waals surface area contributed by atoms with E-state index in [0.717, 1.165) is 22.6 Å². The zero-order valence-electron chi connectivity index (χ0n) is 18.2. The van der Waals surface area contributed by atoms with Gasteiger partial charge in [0.2, 0.25) is 10.0 Å². The number of amides is 1. The van der Waals surface area contributed by atoms with Gasteiger partial charge in [-0.2, -0.15) is 4.31 Å². The molecule has 4 rings (SSSR count). The molecule has 3 aromatic rings. The molecule has 1 saturated heterocycles. The predicted molar refractivity (Wildman–Crippen MR) is 130 cm³/mol. The van der Waals surface area contributed by atoms with Crippen LogP contribution in [0.4, 0.5) is 11.4 Å². The molecule has 1 aliphatic heterocycles. The maximum atomic E-state index is 13.3. The SMILES string of the molecule is CC(C)c1cccc(NC(=O)c2sccc2S(=O)(=O)N2CCN(c3ccccc3)CC2)c1. The fourth-order valence-electron chi connectivity index (χ4n) is 3.79. The van der Waals surface area contributed by atoms with E-state index < -0.39 is 15.9 Å². The number of benzene rings is 2. The van der Waals surface area contributed by atoms with Gasteiger partial charge in [-0.1, -0.05) is 44.2 Å². The summed E-state index contributed by atoms with van der Waals surface area (Å²) in [6, 6.07) is 19.1. The molecule has 6 nitrogen and oxygen atoms in total. The number of para-hydroxylation sites is 1. The molecule has 8 heteroatoms. The molecule has 0 unspecified atom stereocenters. The van der Waals surface area contributed by atoms with E-state index >= 15 is 0 Å². The molecule has 32 heavy (non-hydrogen) atoms. The van der Waals surface area contributed by atoms with Crippen molar-refractivity contribution < 1.29 is 13.2 Å². The van der Waals surface area contributed by atoms with Crippen molar-refractivity contribution in [1.82, 2.24) is 4.31 Å². The molecule has 0 saturated carbocycles. The molecule has 1 N–H and O–H groups in total. The van der Waals surface area contributed by atoms with Crippen molar-refractivity contribution in [3.05, 3.63) is 76.5 Å². The maximum absolute atomic E-state index is 13.3. The molecule has 168 valence electrons. The Morgan fingerprint density at radius 1 is 0.969 bits per heavy atom. The van der Waals surface area contributed by atoms with Gasteiger partial charge in [0.05, 0.1) is 0 Å². The number of carbonyl (C=O) groups is 1. The first-order valence-electron chi connectivity index (χ1n) is 10.6. The Balaban J connectivity index is 1.48. The second-order valence-electron chi connectivity index (χ2n) is 8.07. The minimum absolute atomic E-state index is 0.0770. The smallest absolute Gasteiger partial charge is 0.267 e. The third kappa shape index (κ3) is 4.72. The van der Waals surface area contributed by atoms with Crippen LogP contribution in [-0.2, 0) is 10.0 Å². The van der Waals surface area contributed by atoms with Crippen LogP contribution >= 0.6 is 11.3 Å². The van der Waals surface area contributed by atoms with Gasteiger partial charge in [-0.05, 0) is 47.2 Å². The van der Waals surface area contributed by atoms with Gasteiger partial charge in [0.15, 0.2) is 0 Å². The van der Waals surface area contributed by atoms with Gasteiger partial charge >= 0.3 is 0 Å². The third-order valence-corrected chi connectivity index (χ3v) is 8.61. The van der Waals surface area contributed by atoms with Crippen LogP contribution in [0.5, 0.6) is 0 Å². The molecule has 1 aromatic heterocycles. The Morgan fingerprint density at radius 3 is 2.38 bits per heavy atom. The van der Waals surface area contributed by atoms with Gasteiger partial charge in [0.25, 0.3) is 5.91 Å². The minimum Gasteiger partial charge on any atom is -0.369 e. The van der Waals surface area contributed by atoms with Crippen LogP contribution < -0.4 is 10.2 Å². The fourth-order valence-corrected chi connectivity index (χ4v) is 6.51. The van der Waals surface area contributed by atoms with Crippen molar-refractivity contribution in [2.24, 2.45) is 0 Å². The lowest BCUT2D eigenvalue weighted by Crippen LogP contribution is -2.48. The van der Waals surface area contributed by atoms with Crippen molar-refractivity contribution in [2.45, 2.75) is 24.7 Å². The highest BCUT2D eigenvalue weighted by atomic mass is 32.2. The summed E-state index contributed by atoms with van der Waals surface area (Å²) in [5.74, 6) is -0.0681. The Labute approximate surface area is 193 Å². The monoisotopic (exact) mass is 469 g/mol. The van der Waals surface area contributed by atoms with Crippen LogP contribution in [0.3, 0.4) is 0 Å². The molecular weight excluding hydrogens is 442 g/mol. The average Bonchev–Trinajstić information content (AvgIpc) is 3.31. The van der Waals surface area contributed by atoms with E-state index in [1.807, 2.05) is 54.6 Å².